The first-order valence-electron chi connectivity index (χ1n) is 6.02. The second kappa shape index (κ2) is 6.85. The molecule has 18 heavy (non-hydrogen) atoms. The predicted octanol–water partition coefficient (Wildman–Crippen LogP) is 2.83. The van der Waals surface area contributed by atoms with Gasteiger partial charge in [0.25, 0.3) is 5.91 Å². The van der Waals surface area contributed by atoms with Gasteiger partial charge < -0.3 is 10.6 Å². The van der Waals surface area contributed by atoms with Crippen molar-refractivity contribution in [2.45, 2.75) is 27.2 Å². The summed E-state index contributed by atoms with van der Waals surface area (Å²) in [5, 5.41) is 3.90. The zero-order chi connectivity index (χ0) is 13.7. The molecule has 1 amide bonds. The normalized spacial score (nSPS) is 10.7. The van der Waals surface area contributed by atoms with Crippen molar-refractivity contribution in [1.82, 2.24) is 4.90 Å². The van der Waals surface area contributed by atoms with Crippen molar-refractivity contribution < 1.29 is 4.79 Å². The van der Waals surface area contributed by atoms with Crippen LogP contribution in [0.2, 0.25) is 0 Å². The summed E-state index contributed by atoms with van der Waals surface area (Å²) in [7, 11) is 0. The average molecular weight is 284 g/mol. The standard InChI is InChI=1S/C13H20N2OS2/c1-9(2)6-15(5-4-12(14)17)13(16)11-8-18-7-10(11)3/h7-9H,4-6H2,1-3H3,(H2,14,17). The Morgan fingerprint density at radius 1 is 1.50 bits per heavy atom. The lowest BCUT2D eigenvalue weighted by molar-refractivity contribution is 0.0741. The molecule has 100 valence electrons. The van der Waals surface area contributed by atoms with Gasteiger partial charge in [0.1, 0.15) is 0 Å². The Bertz CT molecular complexity index is 426. The number of nitrogens with two attached hydrogens (primary N) is 1. The van der Waals surface area contributed by atoms with Crippen LogP contribution in [0, 0.1) is 12.8 Å². The first-order valence-corrected chi connectivity index (χ1v) is 7.37. The topological polar surface area (TPSA) is 46.3 Å². The molecule has 0 aliphatic carbocycles. The van der Waals surface area contributed by atoms with Crippen molar-refractivity contribution in [1.29, 1.82) is 0 Å². The number of carbonyl (C=O) groups excluding carboxylic acids is 1. The Hall–Kier alpha value is -0.940. The summed E-state index contributed by atoms with van der Waals surface area (Å²) >= 11 is 6.44. The van der Waals surface area contributed by atoms with Crippen molar-refractivity contribution in [3.63, 3.8) is 0 Å². The SMILES string of the molecule is Cc1cscc1C(=O)N(CCC(N)=S)CC(C)C. The molecule has 1 aromatic heterocycles. The van der Waals surface area contributed by atoms with E-state index >= 15 is 0 Å². The van der Waals surface area contributed by atoms with Gasteiger partial charge in [-0.15, -0.1) is 0 Å². The van der Waals surface area contributed by atoms with E-state index in [9.17, 15) is 4.79 Å². The highest BCUT2D eigenvalue weighted by Gasteiger charge is 2.19. The van der Waals surface area contributed by atoms with Crippen molar-refractivity contribution in [2.24, 2.45) is 11.7 Å². The van der Waals surface area contributed by atoms with Gasteiger partial charge in [-0.1, -0.05) is 26.1 Å². The number of carbonyl (C=O) groups is 1. The van der Waals surface area contributed by atoms with Gasteiger partial charge >= 0.3 is 0 Å². The molecule has 1 rings (SSSR count). The number of nitrogens with zero attached hydrogens (tertiary/aromatic N) is 1. The Morgan fingerprint density at radius 3 is 2.61 bits per heavy atom. The molecule has 0 aliphatic rings. The molecule has 2 N–H and O–H groups in total. The zero-order valence-corrected chi connectivity index (χ0v) is 12.7. The highest BCUT2D eigenvalue weighted by atomic mass is 32.1. The maximum absolute atomic E-state index is 12.4. The number of amides is 1. The molecule has 0 radical (unpaired) electrons. The second-order valence-electron chi connectivity index (χ2n) is 4.83. The van der Waals surface area contributed by atoms with Gasteiger partial charge in [0.15, 0.2) is 0 Å². The van der Waals surface area contributed by atoms with Gasteiger partial charge in [0.2, 0.25) is 0 Å². The summed E-state index contributed by atoms with van der Waals surface area (Å²) in [5.74, 6) is 0.512. The summed E-state index contributed by atoms with van der Waals surface area (Å²) in [6.45, 7) is 7.49. The van der Waals surface area contributed by atoms with Gasteiger partial charge in [-0.2, -0.15) is 11.3 Å². The van der Waals surface area contributed by atoms with E-state index in [1.165, 1.54) is 0 Å². The maximum atomic E-state index is 12.4. The first-order chi connectivity index (χ1) is 8.41. The number of rotatable bonds is 6. The molecule has 5 heteroatoms. The van der Waals surface area contributed by atoms with Gasteiger partial charge in [-0.05, 0) is 23.8 Å². The summed E-state index contributed by atoms with van der Waals surface area (Å²) in [4.78, 5) is 14.7. The van der Waals surface area contributed by atoms with Gasteiger partial charge in [0, 0.05) is 24.9 Å². The Balaban J connectivity index is 2.78. The molecular weight excluding hydrogens is 264 g/mol. The fourth-order valence-corrected chi connectivity index (χ4v) is 2.62. The van der Waals surface area contributed by atoms with E-state index in [1.807, 2.05) is 22.6 Å². The van der Waals surface area contributed by atoms with Crippen molar-refractivity contribution in [3.05, 3.63) is 21.9 Å². The highest BCUT2D eigenvalue weighted by Crippen LogP contribution is 2.17. The molecule has 0 saturated heterocycles. The summed E-state index contributed by atoms with van der Waals surface area (Å²) in [5.41, 5.74) is 7.35. The smallest absolute Gasteiger partial charge is 0.254 e. The van der Waals surface area contributed by atoms with Crippen LogP contribution in [0.3, 0.4) is 0 Å². The van der Waals surface area contributed by atoms with E-state index in [-0.39, 0.29) is 5.91 Å². The van der Waals surface area contributed by atoms with Crippen LogP contribution >= 0.6 is 23.6 Å². The molecule has 0 spiro atoms. The van der Waals surface area contributed by atoms with Crippen LogP contribution < -0.4 is 5.73 Å². The third-order valence-corrected chi connectivity index (χ3v) is 3.65. The van der Waals surface area contributed by atoms with Crippen LogP contribution in [0.5, 0.6) is 0 Å². The Labute approximate surface area is 118 Å². The molecule has 0 saturated carbocycles. The van der Waals surface area contributed by atoms with E-state index in [0.717, 1.165) is 17.7 Å². The summed E-state index contributed by atoms with van der Waals surface area (Å²) < 4.78 is 0. The second-order valence-corrected chi connectivity index (χ2v) is 6.10. The molecule has 0 bridgehead atoms. The molecule has 1 heterocycles. The van der Waals surface area contributed by atoms with Crippen molar-refractivity contribution in [3.8, 4) is 0 Å². The lowest BCUT2D eigenvalue weighted by atomic mass is 10.1. The molecule has 1 aromatic rings. The zero-order valence-electron chi connectivity index (χ0n) is 11.1. The first kappa shape index (κ1) is 15.1. The van der Waals surface area contributed by atoms with E-state index < -0.39 is 0 Å². The molecule has 0 fully saturated rings. The molecule has 0 unspecified atom stereocenters. The van der Waals surface area contributed by atoms with Gasteiger partial charge in [0.05, 0.1) is 10.6 Å². The minimum Gasteiger partial charge on any atom is -0.393 e. The van der Waals surface area contributed by atoms with E-state index in [4.69, 9.17) is 18.0 Å². The molecule has 0 atom stereocenters. The molecule has 0 aromatic carbocycles. The van der Waals surface area contributed by atoms with Crippen LogP contribution in [0.1, 0.15) is 36.2 Å². The predicted molar refractivity (Wildman–Crippen MR) is 81.2 cm³/mol. The average Bonchev–Trinajstić information content (AvgIpc) is 2.69. The number of aryl methyl sites for hydroxylation is 1. The van der Waals surface area contributed by atoms with Crippen molar-refractivity contribution >= 4 is 34.5 Å². The van der Waals surface area contributed by atoms with Crippen LogP contribution in [0.25, 0.3) is 0 Å². The Morgan fingerprint density at radius 2 is 2.17 bits per heavy atom. The fraction of sp³-hybridized carbons (Fsp3) is 0.538. The lowest BCUT2D eigenvalue weighted by Crippen LogP contribution is -2.36. The quantitative estimate of drug-likeness (QED) is 0.817. The Kier molecular flexibility index (Phi) is 5.75. The third-order valence-electron chi connectivity index (χ3n) is 2.59. The largest absolute Gasteiger partial charge is 0.393 e. The van der Waals surface area contributed by atoms with Gasteiger partial charge in [-0.3, -0.25) is 4.79 Å². The molecular formula is C13H20N2OS2. The van der Waals surface area contributed by atoms with Crippen molar-refractivity contribution in [2.75, 3.05) is 13.1 Å². The fourth-order valence-electron chi connectivity index (χ4n) is 1.71. The number of hydrogen-bond donors (Lipinski definition) is 1. The minimum absolute atomic E-state index is 0.0821. The third kappa shape index (κ3) is 4.38. The van der Waals surface area contributed by atoms with E-state index in [0.29, 0.717) is 23.9 Å². The molecule has 3 nitrogen and oxygen atoms in total. The highest BCUT2D eigenvalue weighted by molar-refractivity contribution is 7.80. The number of thiocarbonyl (C=S) groups is 1. The monoisotopic (exact) mass is 284 g/mol. The van der Waals surface area contributed by atoms with Crippen LogP contribution in [0.15, 0.2) is 10.8 Å². The van der Waals surface area contributed by atoms with Crippen LogP contribution in [-0.4, -0.2) is 28.9 Å². The number of hydrogen-bond acceptors (Lipinski definition) is 3. The van der Waals surface area contributed by atoms with Gasteiger partial charge in [-0.25, -0.2) is 0 Å². The lowest BCUT2D eigenvalue weighted by Gasteiger charge is -2.24. The maximum Gasteiger partial charge on any atom is 0.254 e. The molecule has 0 aliphatic heterocycles. The number of thiophene rings is 1. The summed E-state index contributed by atoms with van der Waals surface area (Å²) in [6, 6.07) is 0. The van der Waals surface area contributed by atoms with Crippen LogP contribution in [0.4, 0.5) is 0 Å². The van der Waals surface area contributed by atoms with Crippen LogP contribution in [-0.2, 0) is 0 Å². The minimum atomic E-state index is 0.0821. The van der Waals surface area contributed by atoms with E-state index in [2.05, 4.69) is 13.8 Å². The van der Waals surface area contributed by atoms with E-state index in [1.54, 1.807) is 11.3 Å². The summed E-state index contributed by atoms with van der Waals surface area (Å²) in [6.07, 6.45) is 0.580.